The quantitative estimate of drug-likeness (QED) is 0.795. The van der Waals surface area contributed by atoms with Gasteiger partial charge in [-0.25, -0.2) is 0 Å². The van der Waals surface area contributed by atoms with E-state index in [4.69, 9.17) is 5.73 Å². The minimum Gasteiger partial charge on any atom is -0.370 e. The summed E-state index contributed by atoms with van der Waals surface area (Å²) in [6.07, 6.45) is 0. The molecule has 1 heterocycles. The van der Waals surface area contributed by atoms with Crippen molar-refractivity contribution >= 4 is 39.2 Å². The second kappa shape index (κ2) is 6.09. The van der Waals surface area contributed by atoms with Gasteiger partial charge in [-0.1, -0.05) is 15.9 Å². The number of aromatic nitrogens is 2. The lowest BCUT2D eigenvalue weighted by atomic mass is 10.1. The highest BCUT2D eigenvalue weighted by Gasteiger charge is 2.05. The highest BCUT2D eigenvalue weighted by atomic mass is 79.9. The molecule has 0 atom stereocenters. The van der Waals surface area contributed by atoms with Gasteiger partial charge in [-0.05, 0) is 44.0 Å². The maximum atomic E-state index is 5.72. The van der Waals surface area contributed by atoms with Gasteiger partial charge in [-0.15, -0.1) is 0 Å². The number of nitrogens with one attached hydrogen (secondary N) is 2. The van der Waals surface area contributed by atoms with Crippen molar-refractivity contribution in [2.45, 2.75) is 20.8 Å². The highest BCUT2D eigenvalue weighted by Crippen LogP contribution is 2.27. The average Bonchev–Trinajstić information content (AvgIpc) is 2.35. The zero-order valence-corrected chi connectivity index (χ0v) is 13.4. The van der Waals surface area contributed by atoms with Gasteiger partial charge in [0.2, 0.25) is 5.95 Å². The summed E-state index contributed by atoms with van der Waals surface area (Å²) in [6.45, 7) is 6.90. The minimum atomic E-state index is 0.247. The van der Waals surface area contributed by atoms with Gasteiger partial charge >= 0.3 is 0 Å². The van der Waals surface area contributed by atoms with E-state index < -0.39 is 0 Å². The monoisotopic (exact) mass is 335 g/mol. The van der Waals surface area contributed by atoms with E-state index in [0.29, 0.717) is 11.6 Å². The second-order valence-electron chi connectivity index (χ2n) is 4.58. The molecule has 6 heteroatoms. The Morgan fingerprint density at radius 3 is 2.30 bits per heavy atom. The van der Waals surface area contributed by atoms with Crippen molar-refractivity contribution < 1.29 is 0 Å². The molecule has 1 aromatic carbocycles. The van der Waals surface area contributed by atoms with Gasteiger partial charge in [-0.2, -0.15) is 9.97 Å². The van der Waals surface area contributed by atoms with Crippen molar-refractivity contribution in [2.24, 2.45) is 0 Å². The molecule has 4 N–H and O–H groups in total. The molecule has 0 radical (unpaired) electrons. The van der Waals surface area contributed by atoms with Crippen LogP contribution in [0.5, 0.6) is 0 Å². The molecule has 0 saturated carbocycles. The third-order valence-electron chi connectivity index (χ3n) is 2.81. The number of rotatable bonds is 4. The van der Waals surface area contributed by atoms with Crippen molar-refractivity contribution in [1.29, 1.82) is 0 Å². The van der Waals surface area contributed by atoms with Gasteiger partial charge in [0.25, 0.3) is 0 Å². The molecule has 0 saturated heterocycles. The van der Waals surface area contributed by atoms with Crippen LogP contribution in [-0.4, -0.2) is 16.5 Å². The minimum absolute atomic E-state index is 0.247. The summed E-state index contributed by atoms with van der Waals surface area (Å²) in [4.78, 5) is 8.32. The molecule has 106 valence electrons. The number of benzene rings is 1. The first-order valence-electron chi connectivity index (χ1n) is 6.41. The first-order valence-corrected chi connectivity index (χ1v) is 7.21. The van der Waals surface area contributed by atoms with Crippen molar-refractivity contribution in [1.82, 2.24) is 9.97 Å². The number of halogens is 1. The lowest BCUT2D eigenvalue weighted by molar-refractivity contribution is 1.12. The van der Waals surface area contributed by atoms with Crippen LogP contribution in [0.25, 0.3) is 0 Å². The van der Waals surface area contributed by atoms with E-state index in [0.717, 1.165) is 16.7 Å². The predicted octanol–water partition coefficient (Wildman–Crippen LogP) is 3.61. The fraction of sp³-hybridized carbons (Fsp3) is 0.286. The normalized spacial score (nSPS) is 10.4. The van der Waals surface area contributed by atoms with Crippen LogP contribution in [0.1, 0.15) is 18.1 Å². The van der Waals surface area contributed by atoms with E-state index in [1.165, 1.54) is 11.1 Å². The molecular formula is C14H18BrN5. The summed E-state index contributed by atoms with van der Waals surface area (Å²) < 4.78 is 1.12. The van der Waals surface area contributed by atoms with Crippen LogP contribution in [0, 0.1) is 13.8 Å². The van der Waals surface area contributed by atoms with Crippen LogP contribution < -0.4 is 16.4 Å². The predicted molar refractivity (Wildman–Crippen MR) is 87.5 cm³/mol. The van der Waals surface area contributed by atoms with E-state index in [9.17, 15) is 0 Å². The SMILES string of the molecule is CCNc1cc(Nc2cc(C)c(Br)c(C)c2)nc(N)n1. The summed E-state index contributed by atoms with van der Waals surface area (Å²) in [5.41, 5.74) is 9.03. The van der Waals surface area contributed by atoms with Gasteiger partial charge in [0.1, 0.15) is 11.6 Å². The Morgan fingerprint density at radius 2 is 1.70 bits per heavy atom. The summed E-state index contributed by atoms with van der Waals surface area (Å²) >= 11 is 3.56. The number of hydrogen-bond acceptors (Lipinski definition) is 5. The maximum Gasteiger partial charge on any atom is 0.223 e. The number of anilines is 4. The number of nitrogens with two attached hydrogens (primary N) is 1. The lowest BCUT2D eigenvalue weighted by Gasteiger charge is -2.11. The summed E-state index contributed by atoms with van der Waals surface area (Å²) in [5, 5.41) is 6.39. The molecule has 0 bridgehead atoms. The smallest absolute Gasteiger partial charge is 0.223 e. The second-order valence-corrected chi connectivity index (χ2v) is 5.37. The number of aryl methyl sites for hydroxylation is 2. The van der Waals surface area contributed by atoms with Crippen molar-refractivity contribution in [2.75, 3.05) is 22.9 Å². The van der Waals surface area contributed by atoms with Gasteiger partial charge in [0.15, 0.2) is 0 Å². The third kappa shape index (κ3) is 3.39. The van der Waals surface area contributed by atoms with Crippen LogP contribution >= 0.6 is 15.9 Å². The Kier molecular flexibility index (Phi) is 4.44. The van der Waals surface area contributed by atoms with Crippen molar-refractivity contribution in [3.63, 3.8) is 0 Å². The summed E-state index contributed by atoms with van der Waals surface area (Å²) in [7, 11) is 0. The Balaban J connectivity index is 2.30. The molecule has 0 unspecified atom stereocenters. The maximum absolute atomic E-state index is 5.72. The third-order valence-corrected chi connectivity index (χ3v) is 4.06. The Bertz CT molecular complexity index is 604. The average molecular weight is 336 g/mol. The van der Waals surface area contributed by atoms with Gasteiger partial charge < -0.3 is 16.4 Å². The van der Waals surface area contributed by atoms with Gasteiger partial charge in [-0.3, -0.25) is 0 Å². The van der Waals surface area contributed by atoms with Crippen molar-refractivity contribution in [3.05, 3.63) is 33.8 Å². The molecule has 0 fully saturated rings. The first-order chi connectivity index (χ1) is 9.49. The molecule has 5 nitrogen and oxygen atoms in total. The van der Waals surface area contributed by atoms with Crippen LogP contribution in [0.4, 0.5) is 23.3 Å². The summed E-state index contributed by atoms with van der Waals surface area (Å²) in [5.74, 6) is 1.64. The molecule has 0 aliphatic heterocycles. The molecule has 0 aliphatic carbocycles. The molecule has 2 aromatic rings. The molecule has 0 amide bonds. The zero-order valence-electron chi connectivity index (χ0n) is 11.8. The van der Waals surface area contributed by atoms with Crippen molar-refractivity contribution in [3.8, 4) is 0 Å². The Hall–Kier alpha value is -1.82. The summed E-state index contributed by atoms with van der Waals surface area (Å²) in [6, 6.07) is 5.96. The standard InChI is InChI=1S/C14H18BrN5/c1-4-17-11-7-12(20-14(16)19-11)18-10-5-8(2)13(15)9(3)6-10/h5-7H,4H2,1-3H3,(H4,16,17,18,19,20). The van der Waals surface area contributed by atoms with E-state index in [1.54, 1.807) is 0 Å². The van der Waals surface area contributed by atoms with Gasteiger partial charge in [0.05, 0.1) is 0 Å². The van der Waals surface area contributed by atoms with E-state index >= 15 is 0 Å². The van der Waals surface area contributed by atoms with Gasteiger partial charge in [0, 0.05) is 22.8 Å². The van der Waals surface area contributed by atoms with E-state index in [1.807, 2.05) is 13.0 Å². The molecular weight excluding hydrogens is 318 g/mol. The van der Waals surface area contributed by atoms with Crippen LogP contribution in [0.2, 0.25) is 0 Å². The van der Waals surface area contributed by atoms with Crippen LogP contribution in [-0.2, 0) is 0 Å². The number of nitrogen functional groups attached to an aromatic ring is 1. The molecule has 20 heavy (non-hydrogen) atoms. The van der Waals surface area contributed by atoms with Crippen LogP contribution in [0.15, 0.2) is 22.7 Å². The lowest BCUT2D eigenvalue weighted by Crippen LogP contribution is -2.05. The van der Waals surface area contributed by atoms with Crippen LogP contribution in [0.3, 0.4) is 0 Å². The fourth-order valence-corrected chi connectivity index (χ4v) is 2.20. The molecule has 0 aliphatic rings. The topological polar surface area (TPSA) is 75.9 Å². The van der Waals surface area contributed by atoms with E-state index in [-0.39, 0.29) is 5.95 Å². The first kappa shape index (κ1) is 14.6. The largest absolute Gasteiger partial charge is 0.370 e. The molecule has 2 rings (SSSR count). The fourth-order valence-electron chi connectivity index (χ4n) is 1.97. The molecule has 1 aromatic heterocycles. The Morgan fingerprint density at radius 1 is 1.10 bits per heavy atom. The Labute approximate surface area is 127 Å². The number of nitrogens with zero attached hydrogens (tertiary/aromatic N) is 2. The highest BCUT2D eigenvalue weighted by molar-refractivity contribution is 9.10. The zero-order chi connectivity index (χ0) is 14.7. The van der Waals surface area contributed by atoms with E-state index in [2.05, 4.69) is 62.5 Å². The number of hydrogen-bond donors (Lipinski definition) is 3. The molecule has 0 spiro atoms.